The molecule has 3 N–H and O–H groups in total. The summed E-state index contributed by atoms with van der Waals surface area (Å²) in [5.41, 5.74) is 2.64. The summed E-state index contributed by atoms with van der Waals surface area (Å²) in [4.78, 5) is 13.5. The Morgan fingerprint density at radius 1 is 1.12 bits per heavy atom. The molecule has 0 aliphatic rings. The maximum Gasteiger partial charge on any atom is 0.303 e. The molecule has 1 aromatic carbocycles. The van der Waals surface area contributed by atoms with Crippen LogP contribution in [0.3, 0.4) is 0 Å². The predicted octanol–water partition coefficient (Wildman–Crippen LogP) is 6.43. The van der Waals surface area contributed by atoms with Crippen LogP contribution in [0.15, 0.2) is 55.2 Å². The first kappa shape index (κ1) is 28.0. The fourth-order valence-electron chi connectivity index (χ4n) is 3.51. The molecule has 33 heavy (non-hydrogen) atoms. The molecule has 0 aromatic heterocycles. The van der Waals surface area contributed by atoms with Gasteiger partial charge in [0, 0.05) is 13.1 Å². The molecule has 2 unspecified atom stereocenters. The van der Waals surface area contributed by atoms with Gasteiger partial charge in [0.05, 0.1) is 17.8 Å². The second-order valence-electron chi connectivity index (χ2n) is 9.25. The molecule has 0 amide bonds. The SMILES string of the molecule is C=C/C=C\C=C/C(C)OC(=N)Nc1cc(C(C)CC(=O)O)ccc1N(CC(C)C)CC(C)C. The van der Waals surface area contributed by atoms with Gasteiger partial charge in [-0.1, -0.05) is 71.6 Å². The summed E-state index contributed by atoms with van der Waals surface area (Å²) in [5, 5.41) is 20.7. The molecule has 0 saturated heterocycles. The lowest BCUT2D eigenvalue weighted by atomic mass is 9.96. The zero-order valence-corrected chi connectivity index (χ0v) is 21.0. The Bertz CT molecular complexity index is 833. The van der Waals surface area contributed by atoms with E-state index in [1.807, 2.05) is 56.4 Å². The Morgan fingerprint density at radius 2 is 1.76 bits per heavy atom. The van der Waals surface area contributed by atoms with E-state index in [1.54, 1.807) is 6.08 Å². The normalized spacial score (nSPS) is 13.5. The molecule has 0 saturated carbocycles. The van der Waals surface area contributed by atoms with E-state index in [2.05, 4.69) is 44.5 Å². The molecular formula is C27H41N3O3. The highest BCUT2D eigenvalue weighted by Gasteiger charge is 2.19. The first-order valence-electron chi connectivity index (χ1n) is 11.6. The number of carboxylic acid groups (broad SMARTS) is 1. The van der Waals surface area contributed by atoms with Gasteiger partial charge in [0.15, 0.2) is 0 Å². The van der Waals surface area contributed by atoms with Crippen LogP contribution >= 0.6 is 0 Å². The number of hydrogen-bond acceptors (Lipinski definition) is 4. The quantitative estimate of drug-likeness (QED) is 0.181. The molecule has 0 aliphatic heterocycles. The van der Waals surface area contributed by atoms with E-state index in [0.717, 1.165) is 30.0 Å². The van der Waals surface area contributed by atoms with Crippen molar-refractivity contribution in [2.45, 2.75) is 60.0 Å². The molecule has 0 heterocycles. The number of carboxylic acids is 1. The molecule has 2 atom stereocenters. The second kappa shape index (κ2) is 14.2. The molecule has 0 bridgehead atoms. The minimum atomic E-state index is -0.829. The number of benzene rings is 1. The molecule has 1 rings (SSSR count). The van der Waals surface area contributed by atoms with Gasteiger partial charge in [0.25, 0.3) is 6.02 Å². The average Bonchev–Trinajstić information content (AvgIpc) is 2.69. The highest BCUT2D eigenvalue weighted by atomic mass is 16.5. The van der Waals surface area contributed by atoms with Crippen molar-refractivity contribution in [2.24, 2.45) is 11.8 Å². The summed E-state index contributed by atoms with van der Waals surface area (Å²) in [7, 11) is 0. The predicted molar refractivity (Wildman–Crippen MR) is 139 cm³/mol. The van der Waals surface area contributed by atoms with Crippen LogP contribution in [0, 0.1) is 17.2 Å². The summed E-state index contributed by atoms with van der Waals surface area (Å²) in [6, 6.07) is 5.90. The van der Waals surface area contributed by atoms with Gasteiger partial charge in [-0.15, -0.1) is 0 Å². The van der Waals surface area contributed by atoms with Crippen LogP contribution in [-0.4, -0.2) is 36.3 Å². The fraction of sp³-hybridized carbons (Fsp3) is 0.481. The Hall–Kier alpha value is -3.02. The highest BCUT2D eigenvalue weighted by molar-refractivity contribution is 5.91. The van der Waals surface area contributed by atoms with Crippen molar-refractivity contribution in [2.75, 3.05) is 23.3 Å². The van der Waals surface area contributed by atoms with Crippen molar-refractivity contribution in [3.8, 4) is 0 Å². The van der Waals surface area contributed by atoms with Crippen molar-refractivity contribution < 1.29 is 14.6 Å². The van der Waals surface area contributed by atoms with Crippen LogP contribution in [0.25, 0.3) is 0 Å². The van der Waals surface area contributed by atoms with Gasteiger partial charge in [0.1, 0.15) is 6.10 Å². The number of nitrogens with one attached hydrogen (secondary N) is 2. The van der Waals surface area contributed by atoms with E-state index in [1.165, 1.54) is 0 Å². The highest BCUT2D eigenvalue weighted by Crippen LogP contribution is 2.32. The van der Waals surface area contributed by atoms with Crippen molar-refractivity contribution in [3.05, 3.63) is 60.7 Å². The summed E-state index contributed by atoms with van der Waals surface area (Å²) < 4.78 is 5.71. The van der Waals surface area contributed by atoms with Crippen molar-refractivity contribution >= 4 is 23.4 Å². The Kier molecular flexibility index (Phi) is 12.0. The van der Waals surface area contributed by atoms with Gasteiger partial charge in [-0.2, -0.15) is 0 Å². The topological polar surface area (TPSA) is 85.6 Å². The first-order chi connectivity index (χ1) is 15.5. The Morgan fingerprint density at radius 3 is 2.30 bits per heavy atom. The van der Waals surface area contributed by atoms with Gasteiger partial charge in [0.2, 0.25) is 0 Å². The van der Waals surface area contributed by atoms with Gasteiger partial charge in [-0.05, 0) is 48.4 Å². The summed E-state index contributed by atoms with van der Waals surface area (Å²) in [6.45, 7) is 17.9. The fourth-order valence-corrected chi connectivity index (χ4v) is 3.51. The summed E-state index contributed by atoms with van der Waals surface area (Å²) in [5.74, 6) is -0.0442. The number of carbonyl (C=O) groups is 1. The van der Waals surface area contributed by atoms with E-state index < -0.39 is 5.97 Å². The van der Waals surface area contributed by atoms with Crippen LogP contribution in [0.2, 0.25) is 0 Å². The first-order valence-corrected chi connectivity index (χ1v) is 11.6. The van der Waals surface area contributed by atoms with Crippen LogP contribution in [-0.2, 0) is 9.53 Å². The van der Waals surface area contributed by atoms with Crippen molar-refractivity contribution in [3.63, 3.8) is 0 Å². The third-order valence-electron chi connectivity index (χ3n) is 4.87. The molecule has 0 spiro atoms. The van der Waals surface area contributed by atoms with Gasteiger partial charge >= 0.3 is 5.97 Å². The molecule has 0 fully saturated rings. The van der Waals surface area contributed by atoms with Crippen LogP contribution in [0.5, 0.6) is 0 Å². The smallest absolute Gasteiger partial charge is 0.303 e. The number of amidine groups is 1. The maximum absolute atomic E-state index is 11.2. The average molecular weight is 456 g/mol. The van der Waals surface area contributed by atoms with Gasteiger partial charge < -0.3 is 20.1 Å². The third-order valence-corrected chi connectivity index (χ3v) is 4.87. The van der Waals surface area contributed by atoms with Crippen LogP contribution in [0.4, 0.5) is 11.4 Å². The van der Waals surface area contributed by atoms with Crippen molar-refractivity contribution in [1.82, 2.24) is 0 Å². The summed E-state index contributed by atoms with van der Waals surface area (Å²) in [6.07, 6.45) is 8.83. The molecular weight excluding hydrogens is 414 g/mol. The molecule has 0 aliphatic carbocycles. The largest absolute Gasteiger partial charge is 0.481 e. The van der Waals surface area contributed by atoms with Crippen LogP contribution < -0.4 is 10.2 Å². The lowest BCUT2D eigenvalue weighted by Gasteiger charge is -2.31. The second-order valence-corrected chi connectivity index (χ2v) is 9.25. The number of nitrogens with zero attached hydrogens (tertiary/aromatic N) is 1. The molecule has 0 radical (unpaired) electrons. The van der Waals surface area contributed by atoms with E-state index in [0.29, 0.717) is 11.8 Å². The van der Waals surface area contributed by atoms with E-state index in [9.17, 15) is 9.90 Å². The minimum Gasteiger partial charge on any atom is -0.481 e. The molecule has 6 nitrogen and oxygen atoms in total. The standard InChI is InChI=1S/C27H41N3O3/c1-8-9-10-11-12-22(7)33-27(28)29-24-16-23(21(6)15-26(31)32)13-14-25(24)30(17-19(2)3)18-20(4)5/h8-14,16,19-22H,1,15,17-18H2,2-7H3,(H2,28,29)(H,31,32)/b10-9-,12-11-. The molecule has 182 valence electrons. The number of ether oxygens (including phenoxy) is 1. The lowest BCUT2D eigenvalue weighted by Crippen LogP contribution is -2.32. The summed E-state index contributed by atoms with van der Waals surface area (Å²) >= 11 is 0. The molecule has 6 heteroatoms. The van der Waals surface area contributed by atoms with E-state index >= 15 is 0 Å². The van der Waals surface area contributed by atoms with Crippen LogP contribution in [0.1, 0.15) is 59.4 Å². The number of anilines is 2. The number of allylic oxidation sites excluding steroid dienone is 4. The maximum atomic E-state index is 11.2. The van der Waals surface area contributed by atoms with Crippen molar-refractivity contribution in [1.29, 1.82) is 5.41 Å². The number of aliphatic carboxylic acids is 1. The lowest BCUT2D eigenvalue weighted by molar-refractivity contribution is -0.137. The Balaban J connectivity index is 3.22. The van der Waals surface area contributed by atoms with Gasteiger partial charge in [-0.25, -0.2) is 0 Å². The number of rotatable bonds is 13. The Labute approximate surface area is 199 Å². The third kappa shape index (κ3) is 10.9. The zero-order chi connectivity index (χ0) is 25.0. The van der Waals surface area contributed by atoms with E-state index in [-0.39, 0.29) is 24.5 Å². The molecule has 1 aromatic rings. The van der Waals surface area contributed by atoms with Gasteiger partial charge in [-0.3, -0.25) is 10.2 Å². The monoisotopic (exact) mass is 455 g/mol. The minimum absolute atomic E-state index is 0.0501. The van der Waals surface area contributed by atoms with E-state index in [4.69, 9.17) is 10.1 Å². The zero-order valence-electron chi connectivity index (χ0n) is 21.0. The number of hydrogen-bond donors (Lipinski definition) is 3.